The van der Waals surface area contributed by atoms with Gasteiger partial charge in [-0.05, 0) is 12.1 Å². The Balaban J connectivity index is 2.56. The summed E-state index contributed by atoms with van der Waals surface area (Å²) in [6, 6.07) is 7.08. The first-order valence-corrected chi connectivity index (χ1v) is 8.07. The number of sulfonamides is 1. The SMILES string of the molecule is CN(C)N=C(c1ccccc1NS(C)(=O)=O)n1ccnc1. The molecule has 0 aliphatic carbocycles. The third-order valence-corrected chi connectivity index (χ3v) is 3.10. The predicted octanol–water partition coefficient (Wildman–Crippen LogP) is 1.03. The fourth-order valence-electron chi connectivity index (χ4n) is 1.79. The molecule has 112 valence electrons. The number of nitrogens with one attached hydrogen (secondary N) is 1. The van der Waals surface area contributed by atoms with Gasteiger partial charge in [-0.15, -0.1) is 0 Å². The van der Waals surface area contributed by atoms with Crippen LogP contribution in [-0.4, -0.2) is 49.2 Å². The van der Waals surface area contributed by atoms with E-state index >= 15 is 0 Å². The normalized spacial score (nSPS) is 12.2. The van der Waals surface area contributed by atoms with Gasteiger partial charge >= 0.3 is 0 Å². The van der Waals surface area contributed by atoms with Crippen molar-refractivity contribution in [1.29, 1.82) is 0 Å². The maximum Gasteiger partial charge on any atom is 0.229 e. The molecule has 0 saturated carbocycles. The predicted molar refractivity (Wildman–Crippen MR) is 82.8 cm³/mol. The molecule has 0 amide bonds. The van der Waals surface area contributed by atoms with Crippen LogP contribution in [0, 0.1) is 0 Å². The minimum absolute atomic E-state index is 0.467. The van der Waals surface area contributed by atoms with Crippen molar-refractivity contribution in [3.63, 3.8) is 0 Å². The van der Waals surface area contributed by atoms with Crippen LogP contribution < -0.4 is 4.72 Å². The topological polar surface area (TPSA) is 79.6 Å². The van der Waals surface area contributed by atoms with Crippen molar-refractivity contribution in [3.8, 4) is 0 Å². The minimum atomic E-state index is -3.37. The summed E-state index contributed by atoms with van der Waals surface area (Å²) in [4.78, 5) is 4.01. The number of nitrogens with zero attached hydrogens (tertiary/aromatic N) is 4. The molecule has 21 heavy (non-hydrogen) atoms. The summed E-state index contributed by atoms with van der Waals surface area (Å²) in [5.74, 6) is 0.573. The molecule has 8 heteroatoms. The van der Waals surface area contributed by atoms with Crippen molar-refractivity contribution in [2.45, 2.75) is 0 Å². The lowest BCUT2D eigenvalue weighted by Crippen LogP contribution is -2.20. The van der Waals surface area contributed by atoms with E-state index in [-0.39, 0.29) is 0 Å². The zero-order valence-electron chi connectivity index (χ0n) is 12.1. The Morgan fingerprint density at radius 2 is 2.05 bits per heavy atom. The van der Waals surface area contributed by atoms with Gasteiger partial charge in [-0.25, -0.2) is 13.4 Å². The van der Waals surface area contributed by atoms with Crippen molar-refractivity contribution in [1.82, 2.24) is 14.6 Å². The van der Waals surface area contributed by atoms with Crippen LogP contribution in [0.3, 0.4) is 0 Å². The van der Waals surface area contributed by atoms with Gasteiger partial charge in [0.05, 0.1) is 11.9 Å². The second-order valence-corrected chi connectivity index (χ2v) is 6.41. The first-order chi connectivity index (χ1) is 9.87. The van der Waals surface area contributed by atoms with E-state index in [1.165, 1.54) is 0 Å². The minimum Gasteiger partial charge on any atom is -0.301 e. The number of anilines is 1. The first kappa shape index (κ1) is 15.0. The maximum atomic E-state index is 11.5. The van der Waals surface area contributed by atoms with Gasteiger partial charge in [0.15, 0.2) is 5.84 Å². The van der Waals surface area contributed by atoms with Crippen LogP contribution in [0.15, 0.2) is 48.1 Å². The molecular weight excluding hydrogens is 290 g/mol. The fourth-order valence-corrected chi connectivity index (χ4v) is 2.36. The lowest BCUT2D eigenvalue weighted by molar-refractivity contribution is 0.436. The highest BCUT2D eigenvalue weighted by Crippen LogP contribution is 2.18. The van der Waals surface area contributed by atoms with E-state index in [1.54, 1.807) is 60.6 Å². The molecule has 0 fully saturated rings. The van der Waals surface area contributed by atoms with Gasteiger partial charge in [0, 0.05) is 32.1 Å². The molecule has 0 radical (unpaired) electrons. The third kappa shape index (κ3) is 4.06. The zero-order valence-corrected chi connectivity index (χ0v) is 12.9. The molecule has 1 aromatic heterocycles. The van der Waals surface area contributed by atoms with E-state index in [0.717, 1.165) is 6.26 Å². The van der Waals surface area contributed by atoms with Gasteiger partial charge in [0.1, 0.15) is 6.33 Å². The number of hydrogen-bond donors (Lipinski definition) is 1. The molecule has 0 atom stereocenters. The number of imidazole rings is 1. The Hall–Kier alpha value is -2.35. The summed E-state index contributed by atoms with van der Waals surface area (Å²) in [7, 11) is 0.216. The Labute approximate surface area is 124 Å². The Morgan fingerprint density at radius 1 is 1.33 bits per heavy atom. The van der Waals surface area contributed by atoms with Crippen LogP contribution >= 0.6 is 0 Å². The summed E-state index contributed by atoms with van der Waals surface area (Å²) >= 11 is 0. The number of rotatable bonds is 4. The fraction of sp³-hybridized carbons (Fsp3) is 0.231. The van der Waals surface area contributed by atoms with Crippen molar-refractivity contribution in [2.24, 2.45) is 5.10 Å². The summed E-state index contributed by atoms with van der Waals surface area (Å²) in [6.07, 6.45) is 6.11. The maximum absolute atomic E-state index is 11.5. The van der Waals surface area contributed by atoms with Gasteiger partial charge in [-0.1, -0.05) is 12.1 Å². The monoisotopic (exact) mass is 307 g/mol. The molecule has 0 spiro atoms. The molecule has 0 unspecified atom stereocenters. The van der Waals surface area contributed by atoms with E-state index in [2.05, 4.69) is 14.8 Å². The quantitative estimate of drug-likeness (QED) is 0.520. The van der Waals surface area contributed by atoms with Crippen molar-refractivity contribution < 1.29 is 8.42 Å². The smallest absolute Gasteiger partial charge is 0.229 e. The highest BCUT2D eigenvalue weighted by Gasteiger charge is 2.14. The molecule has 1 heterocycles. The Morgan fingerprint density at radius 3 is 2.62 bits per heavy atom. The summed E-state index contributed by atoms with van der Waals surface area (Å²) < 4.78 is 27.2. The molecule has 0 bridgehead atoms. The molecular formula is C13H17N5O2S. The van der Waals surface area contributed by atoms with Crippen LogP contribution in [0.2, 0.25) is 0 Å². The van der Waals surface area contributed by atoms with Crippen molar-refractivity contribution in [2.75, 3.05) is 25.1 Å². The third-order valence-electron chi connectivity index (χ3n) is 2.51. The van der Waals surface area contributed by atoms with E-state index in [1.807, 2.05) is 6.07 Å². The second-order valence-electron chi connectivity index (χ2n) is 4.66. The van der Waals surface area contributed by atoms with Crippen LogP contribution in [0.5, 0.6) is 0 Å². The molecule has 7 nitrogen and oxygen atoms in total. The van der Waals surface area contributed by atoms with Crippen LogP contribution in [-0.2, 0) is 10.0 Å². The van der Waals surface area contributed by atoms with Crippen LogP contribution in [0.1, 0.15) is 5.56 Å². The largest absolute Gasteiger partial charge is 0.301 e. The lowest BCUT2D eigenvalue weighted by atomic mass is 10.1. The van der Waals surface area contributed by atoms with Crippen molar-refractivity contribution >= 4 is 21.5 Å². The van der Waals surface area contributed by atoms with Crippen molar-refractivity contribution in [3.05, 3.63) is 48.5 Å². The number of para-hydroxylation sites is 1. The summed E-state index contributed by atoms with van der Waals surface area (Å²) in [6.45, 7) is 0. The molecule has 1 aromatic carbocycles. The Kier molecular flexibility index (Phi) is 4.27. The summed E-state index contributed by atoms with van der Waals surface area (Å²) in [5, 5.41) is 6.06. The van der Waals surface area contributed by atoms with Gasteiger partial charge in [-0.3, -0.25) is 9.29 Å². The molecule has 1 N–H and O–H groups in total. The van der Waals surface area contributed by atoms with Crippen LogP contribution in [0.4, 0.5) is 5.69 Å². The zero-order chi connectivity index (χ0) is 15.5. The standard InChI is InChI=1S/C13H17N5O2S/c1-17(2)15-13(18-9-8-14-10-18)11-6-4-5-7-12(11)16-21(3,19)20/h4-10,16H,1-3H3. The molecule has 2 aromatic rings. The Bertz CT molecular complexity index is 736. The number of hydrogen-bond acceptors (Lipinski definition) is 5. The highest BCUT2D eigenvalue weighted by atomic mass is 32.2. The van der Waals surface area contributed by atoms with E-state index in [0.29, 0.717) is 17.1 Å². The van der Waals surface area contributed by atoms with Gasteiger partial charge < -0.3 is 5.01 Å². The highest BCUT2D eigenvalue weighted by molar-refractivity contribution is 7.92. The number of hydrazone groups is 1. The molecule has 0 aliphatic rings. The number of benzene rings is 1. The molecule has 0 saturated heterocycles. The van der Waals surface area contributed by atoms with Crippen LogP contribution in [0.25, 0.3) is 0 Å². The van der Waals surface area contributed by atoms with Gasteiger partial charge in [-0.2, -0.15) is 5.10 Å². The van der Waals surface area contributed by atoms with E-state index in [9.17, 15) is 8.42 Å². The lowest BCUT2D eigenvalue weighted by Gasteiger charge is -2.15. The van der Waals surface area contributed by atoms with Gasteiger partial charge in [0.2, 0.25) is 10.0 Å². The van der Waals surface area contributed by atoms with Gasteiger partial charge in [0.25, 0.3) is 0 Å². The first-order valence-electron chi connectivity index (χ1n) is 6.18. The average Bonchev–Trinajstić information content (AvgIpc) is 2.88. The average molecular weight is 307 g/mol. The van der Waals surface area contributed by atoms with E-state index < -0.39 is 10.0 Å². The molecule has 2 rings (SSSR count). The summed E-state index contributed by atoms with van der Waals surface area (Å²) in [5.41, 5.74) is 1.13. The second kappa shape index (κ2) is 5.96. The van der Waals surface area contributed by atoms with E-state index in [4.69, 9.17) is 0 Å². The molecule has 0 aliphatic heterocycles. The number of aromatic nitrogens is 2.